The fraction of sp³-hybridized carbons (Fsp3) is 0.211. The van der Waals surface area contributed by atoms with E-state index in [1.807, 2.05) is 37.3 Å². The first-order chi connectivity index (χ1) is 11.6. The Morgan fingerprint density at radius 2 is 1.96 bits per heavy atom. The molecule has 0 unspecified atom stereocenters. The Kier molecular flexibility index (Phi) is 3.69. The van der Waals surface area contributed by atoms with Gasteiger partial charge in [0.05, 0.1) is 0 Å². The second-order valence-corrected chi connectivity index (χ2v) is 6.60. The zero-order chi connectivity index (χ0) is 16.7. The molecule has 2 heterocycles. The van der Waals surface area contributed by atoms with Crippen molar-refractivity contribution in [1.82, 2.24) is 9.97 Å². The molecule has 1 aromatic carbocycles. The van der Waals surface area contributed by atoms with Gasteiger partial charge in [-0.2, -0.15) is 0 Å². The number of aryl methyl sites for hydroxylation is 1. The first-order valence-corrected chi connectivity index (χ1v) is 8.31. The fourth-order valence-corrected chi connectivity index (χ4v) is 2.92. The summed E-state index contributed by atoms with van der Waals surface area (Å²) in [4.78, 5) is 20.4. The largest absolute Gasteiger partial charge is 0.310 e. The topological polar surface area (TPSA) is 54.9 Å². The molecule has 24 heavy (non-hydrogen) atoms. The predicted molar refractivity (Wildman–Crippen MR) is 96.1 cm³/mol. The van der Waals surface area contributed by atoms with E-state index < -0.39 is 0 Å². The zero-order valence-electron chi connectivity index (χ0n) is 13.2. The third kappa shape index (κ3) is 2.97. The Balaban J connectivity index is 1.68. The molecule has 4 nitrogen and oxygen atoms in total. The van der Waals surface area contributed by atoms with Gasteiger partial charge in [0.15, 0.2) is 0 Å². The van der Waals surface area contributed by atoms with Crippen molar-refractivity contribution in [2.24, 2.45) is 5.92 Å². The molecule has 0 atom stereocenters. The van der Waals surface area contributed by atoms with E-state index in [0.717, 1.165) is 40.3 Å². The summed E-state index contributed by atoms with van der Waals surface area (Å²) in [5.41, 5.74) is 2.97. The van der Waals surface area contributed by atoms with Gasteiger partial charge in [0, 0.05) is 29.3 Å². The van der Waals surface area contributed by atoms with Gasteiger partial charge in [-0.25, -0.2) is 9.97 Å². The van der Waals surface area contributed by atoms with Gasteiger partial charge in [-0.1, -0.05) is 23.7 Å². The maximum absolute atomic E-state index is 11.8. The van der Waals surface area contributed by atoms with Crippen LogP contribution in [0.2, 0.25) is 5.15 Å². The van der Waals surface area contributed by atoms with Crippen LogP contribution >= 0.6 is 11.6 Å². The number of hydrogen-bond donors (Lipinski definition) is 1. The third-order valence-corrected chi connectivity index (χ3v) is 4.51. The zero-order valence-corrected chi connectivity index (χ0v) is 14.0. The van der Waals surface area contributed by atoms with Crippen molar-refractivity contribution in [3.05, 3.63) is 53.4 Å². The molecule has 1 amide bonds. The monoisotopic (exact) mass is 337 g/mol. The Morgan fingerprint density at radius 1 is 1.12 bits per heavy atom. The summed E-state index contributed by atoms with van der Waals surface area (Å²) in [6.45, 7) is 1.99. The van der Waals surface area contributed by atoms with E-state index in [1.54, 1.807) is 12.4 Å². The maximum Gasteiger partial charge on any atom is 0.228 e. The van der Waals surface area contributed by atoms with Crippen LogP contribution in [0.5, 0.6) is 0 Å². The molecule has 1 aliphatic rings. The highest BCUT2D eigenvalue weighted by molar-refractivity contribution is 6.32. The number of nitrogens with one attached hydrogen (secondary N) is 1. The minimum absolute atomic E-state index is 0.0658. The summed E-state index contributed by atoms with van der Waals surface area (Å²) in [6, 6.07) is 9.98. The summed E-state index contributed by atoms with van der Waals surface area (Å²) in [6.07, 6.45) is 5.49. The molecule has 5 heteroatoms. The summed E-state index contributed by atoms with van der Waals surface area (Å²) < 4.78 is 0. The number of anilines is 1. The van der Waals surface area contributed by atoms with E-state index in [2.05, 4.69) is 15.3 Å². The van der Waals surface area contributed by atoms with Gasteiger partial charge >= 0.3 is 0 Å². The lowest BCUT2D eigenvalue weighted by Gasteiger charge is -2.08. The van der Waals surface area contributed by atoms with Crippen LogP contribution in [-0.4, -0.2) is 15.9 Å². The third-order valence-electron chi connectivity index (χ3n) is 4.21. The summed E-state index contributed by atoms with van der Waals surface area (Å²) >= 11 is 6.23. The van der Waals surface area contributed by atoms with E-state index in [9.17, 15) is 4.79 Å². The van der Waals surface area contributed by atoms with Crippen LogP contribution in [0.1, 0.15) is 18.4 Å². The number of rotatable bonds is 3. The minimum Gasteiger partial charge on any atom is -0.310 e. The second-order valence-electron chi connectivity index (χ2n) is 6.25. The Labute approximate surface area is 144 Å². The summed E-state index contributed by atoms with van der Waals surface area (Å²) in [5.74, 6) is 0.833. The average Bonchev–Trinajstić information content (AvgIpc) is 3.42. The van der Waals surface area contributed by atoms with Crippen LogP contribution < -0.4 is 5.32 Å². The van der Waals surface area contributed by atoms with Crippen LogP contribution in [0.4, 0.5) is 5.82 Å². The van der Waals surface area contributed by atoms with E-state index in [1.165, 1.54) is 0 Å². The van der Waals surface area contributed by atoms with Crippen molar-refractivity contribution in [1.29, 1.82) is 0 Å². The molecule has 0 saturated heterocycles. The van der Waals surface area contributed by atoms with Gasteiger partial charge in [-0.05, 0) is 54.5 Å². The number of hydrogen-bond acceptors (Lipinski definition) is 3. The minimum atomic E-state index is 0.0658. The molecule has 4 rings (SSSR count). The SMILES string of the molecule is Cc1cnc(Cl)c(-c2ccc3cc(NC(=O)C4CC4)ncc3c2)c1. The maximum atomic E-state index is 11.8. The van der Waals surface area contributed by atoms with Crippen LogP contribution in [0.25, 0.3) is 21.9 Å². The van der Waals surface area contributed by atoms with Crippen molar-refractivity contribution >= 4 is 34.1 Å². The quantitative estimate of drug-likeness (QED) is 0.710. The van der Waals surface area contributed by atoms with Crippen molar-refractivity contribution in [3.8, 4) is 11.1 Å². The second kappa shape index (κ2) is 5.87. The molecule has 0 spiro atoms. The van der Waals surface area contributed by atoms with Crippen molar-refractivity contribution in [3.63, 3.8) is 0 Å². The molecular weight excluding hydrogens is 322 g/mol. The Hall–Kier alpha value is -2.46. The molecule has 2 aromatic heterocycles. The van der Waals surface area contributed by atoms with Gasteiger partial charge in [-0.15, -0.1) is 0 Å². The number of halogens is 1. The lowest BCUT2D eigenvalue weighted by molar-refractivity contribution is -0.117. The summed E-state index contributed by atoms with van der Waals surface area (Å²) in [7, 11) is 0. The number of nitrogens with zero attached hydrogens (tertiary/aromatic N) is 2. The highest BCUT2D eigenvalue weighted by Crippen LogP contribution is 2.32. The van der Waals surface area contributed by atoms with Crippen molar-refractivity contribution in [2.75, 3.05) is 5.32 Å². The van der Waals surface area contributed by atoms with Crippen LogP contribution in [0.15, 0.2) is 42.7 Å². The van der Waals surface area contributed by atoms with Crippen LogP contribution in [0, 0.1) is 12.8 Å². The van der Waals surface area contributed by atoms with E-state index in [-0.39, 0.29) is 11.8 Å². The smallest absolute Gasteiger partial charge is 0.228 e. The van der Waals surface area contributed by atoms with Crippen molar-refractivity contribution in [2.45, 2.75) is 19.8 Å². The van der Waals surface area contributed by atoms with Crippen molar-refractivity contribution < 1.29 is 4.79 Å². The number of amides is 1. The van der Waals surface area contributed by atoms with E-state index in [4.69, 9.17) is 11.6 Å². The van der Waals surface area contributed by atoms with Crippen LogP contribution in [0.3, 0.4) is 0 Å². The van der Waals surface area contributed by atoms with E-state index in [0.29, 0.717) is 11.0 Å². The Morgan fingerprint density at radius 3 is 2.75 bits per heavy atom. The normalized spacial score (nSPS) is 13.9. The predicted octanol–water partition coefficient (Wildman–Crippen LogP) is 4.61. The van der Waals surface area contributed by atoms with Gasteiger partial charge in [-0.3, -0.25) is 4.79 Å². The molecular formula is C19H16ClN3O. The number of carbonyl (C=O) groups excluding carboxylic acids is 1. The highest BCUT2D eigenvalue weighted by atomic mass is 35.5. The Bertz CT molecular complexity index is 950. The number of fused-ring (bicyclic) bond motifs is 1. The standard InChI is InChI=1S/C19H16ClN3O/c1-11-6-16(18(20)22-9-11)14-5-4-13-8-17(21-10-15(13)7-14)23-19(24)12-2-3-12/h4-10,12H,2-3H2,1H3,(H,21,23,24). The van der Waals surface area contributed by atoms with Gasteiger partial charge in [0.25, 0.3) is 0 Å². The number of aromatic nitrogens is 2. The molecule has 1 fully saturated rings. The number of pyridine rings is 2. The van der Waals surface area contributed by atoms with Gasteiger partial charge in [0.1, 0.15) is 11.0 Å². The van der Waals surface area contributed by atoms with Gasteiger partial charge in [0.2, 0.25) is 5.91 Å². The lowest BCUT2D eigenvalue weighted by Crippen LogP contribution is -2.14. The number of carbonyl (C=O) groups is 1. The molecule has 0 radical (unpaired) electrons. The molecule has 0 aliphatic heterocycles. The number of benzene rings is 1. The first kappa shape index (κ1) is 15.1. The van der Waals surface area contributed by atoms with Gasteiger partial charge < -0.3 is 5.32 Å². The summed E-state index contributed by atoms with van der Waals surface area (Å²) in [5, 5.41) is 5.38. The molecule has 1 aliphatic carbocycles. The average molecular weight is 338 g/mol. The highest BCUT2D eigenvalue weighted by Gasteiger charge is 2.29. The van der Waals surface area contributed by atoms with E-state index >= 15 is 0 Å². The molecule has 120 valence electrons. The molecule has 3 aromatic rings. The fourth-order valence-electron chi connectivity index (χ4n) is 2.71. The van der Waals surface area contributed by atoms with Crippen LogP contribution in [-0.2, 0) is 4.79 Å². The first-order valence-electron chi connectivity index (χ1n) is 7.93. The molecule has 1 N–H and O–H groups in total. The lowest BCUT2D eigenvalue weighted by atomic mass is 10.0. The molecule has 1 saturated carbocycles. The molecule has 0 bridgehead atoms.